The second-order valence-electron chi connectivity index (χ2n) is 2.45. The van der Waals surface area contributed by atoms with E-state index in [1.54, 1.807) is 0 Å². The fraction of sp³-hybridized carbons (Fsp3) is 0.571. The number of carbonyl (C=O) groups is 3. The van der Waals surface area contributed by atoms with Gasteiger partial charge in [0.2, 0.25) is 0 Å². The van der Waals surface area contributed by atoms with Crippen LogP contribution in [-0.2, 0) is 19.1 Å². The van der Waals surface area contributed by atoms with Gasteiger partial charge in [-0.1, -0.05) is 0 Å². The van der Waals surface area contributed by atoms with Crippen molar-refractivity contribution in [3.05, 3.63) is 0 Å². The van der Waals surface area contributed by atoms with Crippen molar-refractivity contribution in [3.8, 4) is 0 Å². The normalized spacial score (nSPS) is 21.5. The average molecular weight is 206 g/mol. The number of carboxylic acids is 1. The molecule has 0 aromatic rings. The monoisotopic (exact) mass is 206 g/mol. The smallest absolute Gasteiger partial charge is 0.479 e. The quantitative estimate of drug-likeness (QED) is 0.440. The van der Waals surface area contributed by atoms with Gasteiger partial charge in [-0.3, -0.25) is 0 Å². The van der Waals surface area contributed by atoms with Crippen LogP contribution in [0.3, 0.4) is 0 Å². The highest BCUT2D eigenvalue weighted by Gasteiger charge is 2.30. The Morgan fingerprint density at radius 3 is 2.00 bits per heavy atom. The summed E-state index contributed by atoms with van der Waals surface area (Å²) in [6, 6.07) is 0. The SMILES string of the molecule is CC(O)C(=O)O.CC1OC(=O)OC1=O. The predicted octanol–water partition coefficient (Wildman–Crippen LogP) is -0.480. The van der Waals surface area contributed by atoms with Gasteiger partial charge in [-0.25, -0.2) is 14.4 Å². The molecule has 0 radical (unpaired) electrons. The number of rotatable bonds is 1. The first kappa shape index (κ1) is 12.4. The summed E-state index contributed by atoms with van der Waals surface area (Å²) in [4.78, 5) is 29.7. The molecule has 0 spiro atoms. The number of aliphatic carboxylic acids is 1. The number of hydrogen-bond donors (Lipinski definition) is 2. The van der Waals surface area contributed by atoms with E-state index < -0.39 is 30.3 Å². The number of aliphatic hydroxyl groups excluding tert-OH is 1. The molecule has 0 saturated carbocycles. The van der Waals surface area contributed by atoms with Crippen LogP contribution in [0.15, 0.2) is 0 Å². The Morgan fingerprint density at radius 1 is 1.50 bits per heavy atom. The zero-order valence-electron chi connectivity index (χ0n) is 7.59. The minimum atomic E-state index is -1.23. The summed E-state index contributed by atoms with van der Waals surface area (Å²) in [5.74, 6) is -1.80. The molecule has 1 heterocycles. The maximum absolute atomic E-state index is 10.2. The van der Waals surface area contributed by atoms with Crippen LogP contribution in [0.4, 0.5) is 4.79 Å². The Bertz CT molecular complexity index is 244. The van der Waals surface area contributed by atoms with E-state index in [0.717, 1.165) is 0 Å². The fourth-order valence-electron chi connectivity index (χ4n) is 0.382. The van der Waals surface area contributed by atoms with Crippen molar-refractivity contribution in [2.24, 2.45) is 0 Å². The second-order valence-corrected chi connectivity index (χ2v) is 2.45. The lowest BCUT2D eigenvalue weighted by Crippen LogP contribution is -2.13. The van der Waals surface area contributed by atoms with E-state index in [4.69, 9.17) is 10.2 Å². The third-order valence-corrected chi connectivity index (χ3v) is 1.15. The Labute approximate surface area is 79.2 Å². The van der Waals surface area contributed by atoms with E-state index in [0.29, 0.717) is 0 Å². The van der Waals surface area contributed by atoms with Crippen molar-refractivity contribution in [1.82, 2.24) is 0 Å². The van der Waals surface area contributed by atoms with Crippen molar-refractivity contribution < 1.29 is 34.1 Å². The van der Waals surface area contributed by atoms with Gasteiger partial charge in [-0.15, -0.1) is 0 Å². The summed E-state index contributed by atoms with van der Waals surface area (Å²) in [7, 11) is 0. The second kappa shape index (κ2) is 5.18. The van der Waals surface area contributed by atoms with Gasteiger partial charge >= 0.3 is 18.1 Å². The van der Waals surface area contributed by atoms with Crippen LogP contribution in [0, 0.1) is 0 Å². The fourth-order valence-corrected chi connectivity index (χ4v) is 0.382. The first-order chi connectivity index (χ1) is 6.34. The molecule has 2 atom stereocenters. The van der Waals surface area contributed by atoms with E-state index in [-0.39, 0.29) is 0 Å². The molecule has 2 unspecified atom stereocenters. The number of cyclic esters (lactones) is 3. The number of ether oxygens (including phenoxy) is 2. The van der Waals surface area contributed by atoms with E-state index >= 15 is 0 Å². The highest BCUT2D eigenvalue weighted by Crippen LogP contribution is 2.05. The third-order valence-electron chi connectivity index (χ3n) is 1.15. The zero-order valence-corrected chi connectivity index (χ0v) is 7.59. The van der Waals surface area contributed by atoms with Gasteiger partial charge in [0, 0.05) is 0 Å². The minimum Gasteiger partial charge on any atom is -0.479 e. The van der Waals surface area contributed by atoms with Gasteiger partial charge in [0.25, 0.3) is 0 Å². The van der Waals surface area contributed by atoms with Crippen LogP contribution in [-0.4, -0.2) is 40.5 Å². The number of carboxylic acid groups (broad SMARTS) is 1. The largest absolute Gasteiger partial charge is 0.517 e. The van der Waals surface area contributed by atoms with Gasteiger partial charge in [0.05, 0.1) is 0 Å². The standard InChI is InChI=1S/C4H4O4.C3H6O3/c1-2-3(5)8-4(6)7-2;1-2(4)3(5)6/h2H,1H3;2,4H,1H3,(H,5,6). The van der Waals surface area contributed by atoms with Crippen LogP contribution < -0.4 is 0 Å². The molecule has 2 N–H and O–H groups in total. The van der Waals surface area contributed by atoms with Crippen molar-refractivity contribution in [1.29, 1.82) is 0 Å². The van der Waals surface area contributed by atoms with Crippen molar-refractivity contribution >= 4 is 18.1 Å². The minimum absolute atomic E-state index is 0.616. The molecule has 7 nitrogen and oxygen atoms in total. The summed E-state index contributed by atoms with van der Waals surface area (Å²) >= 11 is 0. The van der Waals surface area contributed by atoms with Crippen LogP contribution in [0.2, 0.25) is 0 Å². The molecule has 0 aromatic heterocycles. The number of hydrogen-bond acceptors (Lipinski definition) is 6. The van der Waals surface area contributed by atoms with Crippen molar-refractivity contribution in [2.45, 2.75) is 26.1 Å². The summed E-state index contributed by atoms with van der Waals surface area (Å²) in [5.41, 5.74) is 0. The summed E-state index contributed by atoms with van der Waals surface area (Å²) in [6.45, 7) is 2.65. The molecule has 80 valence electrons. The van der Waals surface area contributed by atoms with Gasteiger partial charge in [-0.05, 0) is 13.8 Å². The van der Waals surface area contributed by atoms with Crippen molar-refractivity contribution in [2.75, 3.05) is 0 Å². The van der Waals surface area contributed by atoms with Crippen LogP contribution in [0.1, 0.15) is 13.8 Å². The maximum Gasteiger partial charge on any atom is 0.517 e. The molecule has 1 saturated heterocycles. The number of esters is 1. The van der Waals surface area contributed by atoms with E-state index in [1.165, 1.54) is 13.8 Å². The van der Waals surface area contributed by atoms with Crippen LogP contribution >= 0.6 is 0 Å². The molecule has 0 bridgehead atoms. The Morgan fingerprint density at radius 2 is 1.93 bits per heavy atom. The summed E-state index contributed by atoms with van der Waals surface area (Å²) in [6.07, 6.45) is -2.85. The zero-order chi connectivity index (χ0) is 11.3. The molecule has 0 aliphatic carbocycles. The molecule has 14 heavy (non-hydrogen) atoms. The molecule has 1 aliphatic heterocycles. The molecule has 1 rings (SSSR count). The molecule has 7 heteroatoms. The van der Waals surface area contributed by atoms with Gasteiger partial charge in [-0.2, -0.15) is 0 Å². The maximum atomic E-state index is 10.2. The van der Waals surface area contributed by atoms with Gasteiger partial charge in [0.1, 0.15) is 6.10 Å². The van der Waals surface area contributed by atoms with E-state index in [9.17, 15) is 14.4 Å². The molecule has 0 aromatic carbocycles. The molecular formula is C7H10O7. The van der Waals surface area contributed by atoms with Crippen molar-refractivity contribution in [3.63, 3.8) is 0 Å². The number of aliphatic hydroxyl groups is 1. The molecule has 0 amide bonds. The average Bonchev–Trinajstić information content (AvgIpc) is 2.30. The lowest BCUT2D eigenvalue weighted by molar-refractivity contribution is -0.145. The first-order valence-corrected chi connectivity index (χ1v) is 3.67. The Balaban J connectivity index is 0.000000255. The Kier molecular flexibility index (Phi) is 4.57. The lowest BCUT2D eigenvalue weighted by Gasteiger charge is -1.89. The summed E-state index contributed by atoms with van der Waals surface area (Å²) in [5, 5.41) is 15.8. The predicted molar refractivity (Wildman–Crippen MR) is 41.4 cm³/mol. The Hall–Kier alpha value is -1.63. The number of carbonyl (C=O) groups excluding carboxylic acids is 2. The van der Waals surface area contributed by atoms with Crippen LogP contribution in [0.5, 0.6) is 0 Å². The van der Waals surface area contributed by atoms with E-state index in [2.05, 4.69) is 9.47 Å². The van der Waals surface area contributed by atoms with Crippen LogP contribution in [0.25, 0.3) is 0 Å². The molecule has 1 fully saturated rings. The van der Waals surface area contributed by atoms with Gasteiger partial charge < -0.3 is 19.7 Å². The highest BCUT2D eigenvalue weighted by atomic mass is 16.8. The summed E-state index contributed by atoms with van der Waals surface area (Å²) < 4.78 is 8.24. The molecule has 1 aliphatic rings. The topological polar surface area (TPSA) is 110 Å². The van der Waals surface area contributed by atoms with E-state index in [1.807, 2.05) is 0 Å². The van der Waals surface area contributed by atoms with Gasteiger partial charge in [0.15, 0.2) is 6.10 Å². The third kappa shape index (κ3) is 4.41. The molecular weight excluding hydrogens is 196 g/mol. The lowest BCUT2D eigenvalue weighted by atomic mass is 10.4. The first-order valence-electron chi connectivity index (χ1n) is 3.67. The highest BCUT2D eigenvalue weighted by molar-refractivity contribution is 5.90.